The molecule has 2 spiro atoms. The highest BCUT2D eigenvalue weighted by Crippen LogP contribution is 2.49. The van der Waals surface area contributed by atoms with E-state index in [2.05, 4.69) is 36.2 Å². The molecule has 3 fully saturated rings. The van der Waals surface area contributed by atoms with Crippen molar-refractivity contribution in [2.75, 3.05) is 39.8 Å². The maximum atomic E-state index is 13.7. The minimum Gasteiger partial charge on any atom is -0.485 e. The van der Waals surface area contributed by atoms with Crippen molar-refractivity contribution >= 4 is 5.91 Å². The van der Waals surface area contributed by atoms with Gasteiger partial charge in [0.2, 0.25) is 0 Å². The van der Waals surface area contributed by atoms with Gasteiger partial charge in [-0.2, -0.15) is 0 Å². The molecular weight excluding hydrogens is 450 g/mol. The first kappa shape index (κ1) is 25.2. The van der Waals surface area contributed by atoms with E-state index in [0.717, 1.165) is 57.5 Å². The molecule has 6 heteroatoms. The molecule has 1 saturated carbocycles. The molecular formula is C30H41N3O3. The lowest BCUT2D eigenvalue weighted by Crippen LogP contribution is -2.62. The van der Waals surface area contributed by atoms with E-state index in [9.17, 15) is 4.79 Å². The van der Waals surface area contributed by atoms with Crippen molar-refractivity contribution in [1.29, 1.82) is 0 Å². The van der Waals surface area contributed by atoms with Crippen molar-refractivity contribution in [2.45, 2.75) is 69.3 Å². The molecule has 6 nitrogen and oxygen atoms in total. The average molecular weight is 492 g/mol. The van der Waals surface area contributed by atoms with Gasteiger partial charge in [0, 0.05) is 38.6 Å². The second kappa shape index (κ2) is 10.5. The topological polar surface area (TPSA) is 54.0 Å². The molecule has 1 unspecified atom stereocenters. The third kappa shape index (κ3) is 5.46. The first-order chi connectivity index (χ1) is 17.4. The molecule has 1 N–H and O–H groups in total. The lowest BCUT2D eigenvalue weighted by molar-refractivity contribution is -0.190. The molecule has 3 aliphatic rings. The van der Waals surface area contributed by atoms with Crippen LogP contribution < -0.4 is 10.1 Å². The maximum Gasteiger partial charge on any atom is 0.257 e. The third-order valence-electron chi connectivity index (χ3n) is 8.13. The van der Waals surface area contributed by atoms with Crippen molar-refractivity contribution in [1.82, 2.24) is 15.1 Å². The van der Waals surface area contributed by atoms with Crippen LogP contribution in [0.4, 0.5) is 0 Å². The predicted octanol–water partition coefficient (Wildman–Crippen LogP) is 4.66. The van der Waals surface area contributed by atoms with Gasteiger partial charge in [-0.25, -0.2) is 0 Å². The molecule has 0 radical (unpaired) electrons. The molecule has 1 aliphatic carbocycles. The predicted molar refractivity (Wildman–Crippen MR) is 142 cm³/mol. The number of morpholine rings is 1. The van der Waals surface area contributed by atoms with Crippen LogP contribution in [0.1, 0.15) is 68.0 Å². The van der Waals surface area contributed by atoms with Crippen molar-refractivity contribution in [3.8, 4) is 5.75 Å². The number of hydrogen-bond acceptors (Lipinski definition) is 5. The van der Waals surface area contributed by atoms with Crippen LogP contribution in [0.15, 0.2) is 54.6 Å². The number of nitrogens with zero attached hydrogens (tertiary/aromatic N) is 2. The fourth-order valence-corrected chi connectivity index (χ4v) is 5.77. The summed E-state index contributed by atoms with van der Waals surface area (Å²) in [6.07, 6.45) is 4.82. The zero-order valence-electron chi connectivity index (χ0n) is 22.0. The highest BCUT2D eigenvalue weighted by atomic mass is 16.5. The van der Waals surface area contributed by atoms with Gasteiger partial charge in [0.1, 0.15) is 11.9 Å². The van der Waals surface area contributed by atoms with Gasteiger partial charge in [-0.05, 0) is 70.8 Å². The molecule has 0 aromatic heterocycles. The summed E-state index contributed by atoms with van der Waals surface area (Å²) in [5.74, 6) is 0.711. The Bertz CT molecular complexity index is 1030. The van der Waals surface area contributed by atoms with Crippen molar-refractivity contribution in [3.05, 3.63) is 65.7 Å². The molecule has 2 aromatic carbocycles. The van der Waals surface area contributed by atoms with Crippen LogP contribution >= 0.6 is 0 Å². The number of piperidine rings is 1. The average Bonchev–Trinajstić information content (AvgIpc) is 3.64. The Balaban J connectivity index is 1.29. The summed E-state index contributed by atoms with van der Waals surface area (Å²) in [7, 11) is 1.95. The SMILES string of the molecule is CNCCC(Oc1ccccc1C(=O)N1CCC2(CC1)CN(C(C)C)CC1(CC1)O2)c1ccccc1. The van der Waals surface area contributed by atoms with Gasteiger partial charge >= 0.3 is 0 Å². The van der Waals surface area contributed by atoms with Gasteiger partial charge in [-0.1, -0.05) is 42.5 Å². The van der Waals surface area contributed by atoms with E-state index in [-0.39, 0.29) is 23.2 Å². The van der Waals surface area contributed by atoms with E-state index in [1.165, 1.54) is 12.8 Å². The standard InChI is InChI=1S/C30H41N3O3/c1-23(2)33-21-29(14-15-29)36-30(22-33)16-19-32(20-17-30)28(34)25-11-7-8-12-27(25)35-26(13-18-31-3)24-9-5-4-6-10-24/h4-12,23,26,31H,13-22H2,1-3H3. The Kier molecular flexibility index (Phi) is 7.38. The molecule has 2 aliphatic heterocycles. The number of ether oxygens (including phenoxy) is 2. The van der Waals surface area contributed by atoms with Gasteiger partial charge in [0.15, 0.2) is 0 Å². The van der Waals surface area contributed by atoms with E-state index in [4.69, 9.17) is 9.47 Å². The first-order valence-electron chi connectivity index (χ1n) is 13.6. The highest BCUT2D eigenvalue weighted by Gasteiger charge is 2.56. The van der Waals surface area contributed by atoms with E-state index in [1.807, 2.05) is 54.4 Å². The largest absolute Gasteiger partial charge is 0.485 e. The van der Waals surface area contributed by atoms with Crippen LogP contribution in [0.25, 0.3) is 0 Å². The summed E-state index contributed by atoms with van der Waals surface area (Å²) >= 11 is 0. The molecule has 0 bridgehead atoms. The zero-order chi connectivity index (χ0) is 25.2. The summed E-state index contributed by atoms with van der Waals surface area (Å²) in [5, 5.41) is 3.22. The molecule has 2 heterocycles. The summed E-state index contributed by atoms with van der Waals surface area (Å²) in [6, 6.07) is 18.5. The summed E-state index contributed by atoms with van der Waals surface area (Å²) in [6.45, 7) is 8.86. The third-order valence-corrected chi connectivity index (χ3v) is 8.13. The highest BCUT2D eigenvalue weighted by molar-refractivity contribution is 5.97. The fraction of sp³-hybridized carbons (Fsp3) is 0.567. The van der Waals surface area contributed by atoms with E-state index in [0.29, 0.717) is 17.4 Å². The second-order valence-corrected chi connectivity index (χ2v) is 11.2. The van der Waals surface area contributed by atoms with E-state index < -0.39 is 0 Å². The molecule has 5 rings (SSSR count). The molecule has 1 amide bonds. The first-order valence-corrected chi connectivity index (χ1v) is 13.6. The van der Waals surface area contributed by atoms with Crippen LogP contribution in [-0.2, 0) is 4.74 Å². The number of hydrogen-bond donors (Lipinski definition) is 1. The number of nitrogens with one attached hydrogen (secondary N) is 1. The van der Waals surface area contributed by atoms with Gasteiger partial charge in [-0.15, -0.1) is 0 Å². The van der Waals surface area contributed by atoms with Crippen LogP contribution in [-0.4, -0.2) is 72.7 Å². The van der Waals surface area contributed by atoms with Gasteiger partial charge < -0.3 is 19.7 Å². The van der Waals surface area contributed by atoms with Crippen molar-refractivity contribution < 1.29 is 14.3 Å². The Morgan fingerprint density at radius 1 is 0.972 bits per heavy atom. The van der Waals surface area contributed by atoms with E-state index in [1.54, 1.807) is 0 Å². The number of rotatable bonds is 8. The number of benzene rings is 2. The normalized spacial score (nSPS) is 21.6. The number of carbonyl (C=O) groups excluding carboxylic acids is 1. The fourth-order valence-electron chi connectivity index (χ4n) is 5.77. The Hall–Kier alpha value is -2.41. The molecule has 194 valence electrons. The summed E-state index contributed by atoms with van der Waals surface area (Å²) < 4.78 is 13.3. The maximum absolute atomic E-state index is 13.7. The van der Waals surface area contributed by atoms with E-state index >= 15 is 0 Å². The number of amides is 1. The minimum absolute atomic E-state index is 0.0542. The van der Waals surface area contributed by atoms with Crippen molar-refractivity contribution in [3.63, 3.8) is 0 Å². The van der Waals surface area contributed by atoms with Crippen LogP contribution in [0.3, 0.4) is 0 Å². The molecule has 2 saturated heterocycles. The lowest BCUT2D eigenvalue weighted by atomic mass is 9.87. The number of carbonyl (C=O) groups is 1. The Labute approximate surface area is 215 Å². The zero-order valence-corrected chi connectivity index (χ0v) is 22.0. The summed E-state index contributed by atoms with van der Waals surface area (Å²) in [5.41, 5.74) is 1.70. The number of likely N-dealkylation sites (tertiary alicyclic amines) is 1. The molecule has 2 aromatic rings. The number of para-hydroxylation sites is 1. The molecule has 36 heavy (non-hydrogen) atoms. The van der Waals surface area contributed by atoms with Crippen LogP contribution in [0.2, 0.25) is 0 Å². The van der Waals surface area contributed by atoms with Gasteiger partial charge in [0.05, 0.1) is 16.8 Å². The van der Waals surface area contributed by atoms with Crippen LogP contribution in [0.5, 0.6) is 5.75 Å². The monoisotopic (exact) mass is 491 g/mol. The Morgan fingerprint density at radius 2 is 1.61 bits per heavy atom. The summed E-state index contributed by atoms with van der Waals surface area (Å²) in [4.78, 5) is 18.3. The smallest absolute Gasteiger partial charge is 0.257 e. The lowest BCUT2D eigenvalue weighted by Gasteiger charge is -2.51. The molecule has 1 atom stereocenters. The quantitative estimate of drug-likeness (QED) is 0.582. The Morgan fingerprint density at radius 3 is 2.25 bits per heavy atom. The van der Waals surface area contributed by atoms with Crippen LogP contribution in [0, 0.1) is 0 Å². The van der Waals surface area contributed by atoms with Crippen molar-refractivity contribution in [2.24, 2.45) is 0 Å². The second-order valence-electron chi connectivity index (χ2n) is 11.2. The minimum atomic E-state index is -0.128. The van der Waals surface area contributed by atoms with Gasteiger partial charge in [0.25, 0.3) is 5.91 Å². The van der Waals surface area contributed by atoms with Gasteiger partial charge in [-0.3, -0.25) is 9.69 Å².